The van der Waals surface area contributed by atoms with Gasteiger partial charge >= 0.3 is 5.97 Å². The molecule has 0 spiro atoms. The highest BCUT2D eigenvalue weighted by molar-refractivity contribution is 7.94. The Morgan fingerprint density at radius 1 is 1.12 bits per heavy atom. The molecular weight excluding hydrogens is 452 g/mol. The van der Waals surface area contributed by atoms with Gasteiger partial charge in [0.2, 0.25) is 0 Å². The SMILES string of the molecule is CC1(C)C(=CC=CC=Nc2ccccc2)N(CCCCCC(=O)O)c2ccc(SOOO)cc21. The number of hydrogen-bond donors (Lipinski definition) is 2. The molecule has 1 aliphatic rings. The van der Waals surface area contributed by atoms with E-state index in [9.17, 15) is 4.79 Å². The molecule has 1 heterocycles. The number of allylic oxidation sites excluding steroid dienone is 4. The van der Waals surface area contributed by atoms with Gasteiger partial charge in [0.1, 0.15) is 0 Å². The fourth-order valence-corrected chi connectivity index (χ4v) is 4.46. The van der Waals surface area contributed by atoms with Gasteiger partial charge in [0, 0.05) is 40.9 Å². The first-order chi connectivity index (χ1) is 16.4. The summed E-state index contributed by atoms with van der Waals surface area (Å²) in [4.78, 5) is 18.4. The second-order valence-corrected chi connectivity index (χ2v) is 9.21. The molecule has 2 N–H and O–H groups in total. The number of rotatable bonds is 12. The average Bonchev–Trinajstić information content (AvgIpc) is 3.03. The molecule has 0 bridgehead atoms. The molecule has 0 fully saturated rings. The van der Waals surface area contributed by atoms with Crippen molar-refractivity contribution < 1.29 is 24.5 Å². The van der Waals surface area contributed by atoms with Gasteiger partial charge in [-0.3, -0.25) is 9.79 Å². The Morgan fingerprint density at radius 3 is 2.65 bits per heavy atom. The number of hydrogen-bond acceptors (Lipinski definition) is 7. The summed E-state index contributed by atoms with van der Waals surface area (Å²) >= 11 is 0.942. The minimum atomic E-state index is -0.755. The van der Waals surface area contributed by atoms with E-state index in [1.54, 1.807) is 6.21 Å². The van der Waals surface area contributed by atoms with Gasteiger partial charge in [-0.2, -0.15) is 0 Å². The molecule has 0 atom stereocenters. The Labute approximate surface area is 204 Å². The molecule has 0 saturated carbocycles. The number of carboxylic acid groups (broad SMARTS) is 1. The highest BCUT2D eigenvalue weighted by Crippen LogP contribution is 2.49. The van der Waals surface area contributed by atoms with Gasteiger partial charge in [-0.25, -0.2) is 5.26 Å². The van der Waals surface area contributed by atoms with E-state index in [4.69, 9.17) is 10.4 Å². The Morgan fingerprint density at radius 2 is 1.91 bits per heavy atom. The number of unbranched alkanes of at least 4 members (excludes halogenated alkanes) is 2. The van der Waals surface area contributed by atoms with E-state index >= 15 is 0 Å². The predicted octanol–water partition coefficient (Wildman–Crippen LogP) is 6.70. The molecule has 0 saturated heterocycles. The number of para-hydroxylation sites is 1. The summed E-state index contributed by atoms with van der Waals surface area (Å²) < 4.78 is 4.61. The summed E-state index contributed by atoms with van der Waals surface area (Å²) in [7, 11) is 0. The van der Waals surface area contributed by atoms with E-state index < -0.39 is 5.97 Å². The lowest BCUT2D eigenvalue weighted by Crippen LogP contribution is -2.27. The summed E-state index contributed by atoms with van der Waals surface area (Å²) in [5.74, 6) is -0.755. The van der Waals surface area contributed by atoms with Crippen LogP contribution in [0.3, 0.4) is 0 Å². The molecule has 0 radical (unpaired) electrons. The molecule has 3 rings (SSSR count). The quantitative estimate of drug-likeness (QED) is 0.114. The van der Waals surface area contributed by atoms with E-state index in [-0.39, 0.29) is 11.8 Å². The largest absolute Gasteiger partial charge is 0.481 e. The third-order valence-electron chi connectivity index (χ3n) is 5.73. The van der Waals surface area contributed by atoms with Crippen LogP contribution in [0.2, 0.25) is 0 Å². The van der Waals surface area contributed by atoms with Crippen LogP contribution in [0.15, 0.2) is 82.3 Å². The Bertz CT molecular complexity index is 1050. The van der Waals surface area contributed by atoms with Crippen LogP contribution < -0.4 is 4.90 Å². The zero-order valence-electron chi connectivity index (χ0n) is 19.4. The van der Waals surface area contributed by atoms with Crippen LogP contribution in [0.5, 0.6) is 0 Å². The van der Waals surface area contributed by atoms with Gasteiger partial charge < -0.3 is 10.0 Å². The molecule has 180 valence electrons. The van der Waals surface area contributed by atoms with Crippen molar-refractivity contribution in [2.24, 2.45) is 4.99 Å². The van der Waals surface area contributed by atoms with E-state index in [1.807, 2.05) is 60.7 Å². The zero-order chi connectivity index (χ0) is 24.4. The number of benzene rings is 2. The number of nitrogens with zero attached hydrogens (tertiary/aromatic N) is 2. The molecule has 2 aromatic rings. The van der Waals surface area contributed by atoms with Crippen molar-refractivity contribution >= 4 is 35.6 Å². The van der Waals surface area contributed by atoms with Crippen LogP contribution in [0.4, 0.5) is 11.4 Å². The van der Waals surface area contributed by atoms with Gasteiger partial charge in [-0.15, -0.1) is 4.33 Å². The molecule has 7 nitrogen and oxygen atoms in total. The Kier molecular flexibility index (Phi) is 9.47. The Balaban J connectivity index is 1.81. The average molecular weight is 483 g/mol. The number of carboxylic acids is 1. The lowest BCUT2D eigenvalue weighted by molar-refractivity contribution is -0.432. The molecule has 0 unspecified atom stereocenters. The normalized spacial score (nSPS) is 16.1. The summed E-state index contributed by atoms with van der Waals surface area (Å²) in [6, 6.07) is 15.8. The summed E-state index contributed by atoms with van der Waals surface area (Å²) in [5, 5.41) is 21.1. The summed E-state index contributed by atoms with van der Waals surface area (Å²) in [6.07, 6.45) is 10.4. The lowest BCUT2D eigenvalue weighted by Gasteiger charge is -2.27. The van der Waals surface area contributed by atoms with E-state index in [0.717, 1.165) is 59.0 Å². The third kappa shape index (κ3) is 6.80. The van der Waals surface area contributed by atoms with Crippen molar-refractivity contribution in [2.75, 3.05) is 11.4 Å². The van der Waals surface area contributed by atoms with E-state index in [0.29, 0.717) is 6.42 Å². The molecular formula is C26H30N2O5S. The first-order valence-corrected chi connectivity index (χ1v) is 11.9. The molecule has 2 aromatic carbocycles. The van der Waals surface area contributed by atoms with E-state index in [1.165, 1.54) is 0 Å². The van der Waals surface area contributed by atoms with Gasteiger partial charge in [0.15, 0.2) is 0 Å². The van der Waals surface area contributed by atoms with Crippen LogP contribution in [-0.4, -0.2) is 29.1 Å². The second kappa shape index (κ2) is 12.5. The van der Waals surface area contributed by atoms with Crippen LogP contribution in [0, 0.1) is 0 Å². The number of aliphatic imine (C=N–C) groups is 1. The summed E-state index contributed by atoms with van der Waals surface area (Å²) in [5.41, 5.74) is 4.02. The van der Waals surface area contributed by atoms with Crippen molar-refractivity contribution in [3.05, 3.63) is 78.0 Å². The standard InChI is InChI=1S/C26H30N2O5S/c1-26(2)22-19-21(34-33-32-31)15-16-23(22)28(18-10-4-7-14-25(29)30)24(26)13-8-9-17-27-20-11-5-3-6-12-20/h3,5-6,8-9,11-13,15-17,19,31H,4,7,10,14,18H2,1-2H3,(H,29,30). The Hall–Kier alpha value is -2.91. The number of aliphatic carboxylic acids is 1. The van der Waals surface area contributed by atoms with Crippen LogP contribution in [-0.2, 0) is 19.6 Å². The monoisotopic (exact) mass is 482 g/mol. The lowest BCUT2D eigenvalue weighted by atomic mass is 9.83. The molecule has 8 heteroatoms. The van der Waals surface area contributed by atoms with Gasteiger partial charge in [-0.05, 0) is 60.9 Å². The maximum Gasteiger partial charge on any atom is 0.303 e. The van der Waals surface area contributed by atoms with E-state index in [2.05, 4.69) is 39.2 Å². The van der Waals surface area contributed by atoms with Crippen molar-refractivity contribution in [3.63, 3.8) is 0 Å². The fraction of sp³-hybridized carbons (Fsp3) is 0.308. The van der Waals surface area contributed by atoms with Crippen LogP contribution in [0.25, 0.3) is 0 Å². The zero-order valence-corrected chi connectivity index (χ0v) is 20.2. The van der Waals surface area contributed by atoms with Gasteiger partial charge in [-0.1, -0.05) is 49.6 Å². The maximum atomic E-state index is 10.8. The molecule has 0 aromatic heterocycles. The maximum absolute atomic E-state index is 10.8. The van der Waals surface area contributed by atoms with Gasteiger partial charge in [0.25, 0.3) is 0 Å². The second-order valence-electron chi connectivity index (χ2n) is 8.44. The topological polar surface area (TPSA) is 91.6 Å². The highest BCUT2D eigenvalue weighted by atomic mass is 32.2. The van der Waals surface area contributed by atoms with Crippen molar-refractivity contribution in [1.82, 2.24) is 0 Å². The minimum Gasteiger partial charge on any atom is -0.481 e. The smallest absolute Gasteiger partial charge is 0.303 e. The first-order valence-electron chi connectivity index (χ1n) is 11.2. The molecule has 1 aliphatic heterocycles. The third-order valence-corrected chi connectivity index (χ3v) is 6.30. The predicted molar refractivity (Wildman–Crippen MR) is 135 cm³/mol. The number of fused-ring (bicyclic) bond motifs is 1. The van der Waals surface area contributed by atoms with Crippen molar-refractivity contribution in [1.29, 1.82) is 0 Å². The van der Waals surface area contributed by atoms with Gasteiger partial charge in [0.05, 0.1) is 17.7 Å². The molecule has 0 amide bonds. The number of carbonyl (C=O) groups is 1. The molecule has 0 aliphatic carbocycles. The fourth-order valence-electron chi connectivity index (χ4n) is 4.06. The van der Waals surface area contributed by atoms with Crippen LogP contribution >= 0.6 is 12.0 Å². The van der Waals surface area contributed by atoms with Crippen molar-refractivity contribution in [2.45, 2.75) is 49.8 Å². The van der Waals surface area contributed by atoms with Crippen LogP contribution in [0.1, 0.15) is 45.1 Å². The van der Waals surface area contributed by atoms with Crippen molar-refractivity contribution in [3.8, 4) is 0 Å². The highest BCUT2D eigenvalue weighted by Gasteiger charge is 2.39. The number of anilines is 1. The summed E-state index contributed by atoms with van der Waals surface area (Å²) in [6.45, 7) is 5.13. The first kappa shape index (κ1) is 25.7. The minimum absolute atomic E-state index is 0.196. The molecule has 34 heavy (non-hydrogen) atoms.